The fourth-order valence-corrected chi connectivity index (χ4v) is 3.27. The molecule has 0 spiro atoms. The number of H-pyrrole nitrogens is 1. The van der Waals surface area contributed by atoms with Gasteiger partial charge in [0, 0.05) is 34.8 Å². The van der Waals surface area contributed by atoms with Crippen molar-refractivity contribution in [3.63, 3.8) is 0 Å². The average molecular weight is 362 g/mol. The first-order valence-corrected chi connectivity index (χ1v) is 8.77. The van der Waals surface area contributed by atoms with Crippen LogP contribution in [-0.4, -0.2) is 29.3 Å². The highest BCUT2D eigenvalue weighted by molar-refractivity contribution is 6.00. The van der Waals surface area contributed by atoms with Crippen LogP contribution in [-0.2, 0) is 27.2 Å². The summed E-state index contributed by atoms with van der Waals surface area (Å²) in [4.78, 5) is 39.0. The first kappa shape index (κ1) is 17.0. The van der Waals surface area contributed by atoms with Crippen molar-refractivity contribution in [1.29, 1.82) is 0 Å². The first-order chi connectivity index (χ1) is 13.1. The van der Waals surface area contributed by atoms with Crippen LogP contribution in [0.5, 0.6) is 0 Å². The summed E-state index contributed by atoms with van der Waals surface area (Å²) in [5, 5.41) is 3.75. The van der Waals surface area contributed by atoms with Crippen molar-refractivity contribution >= 4 is 34.3 Å². The Morgan fingerprint density at radius 1 is 1.07 bits per heavy atom. The Morgan fingerprint density at radius 3 is 2.81 bits per heavy atom. The number of amides is 1. The zero-order valence-electron chi connectivity index (χ0n) is 14.6. The third-order valence-corrected chi connectivity index (χ3v) is 4.70. The number of hydrogen-bond donors (Lipinski definition) is 2. The molecule has 6 nitrogen and oxygen atoms in total. The molecule has 0 unspecified atom stereocenters. The van der Waals surface area contributed by atoms with Gasteiger partial charge in [-0.1, -0.05) is 18.2 Å². The number of anilines is 1. The molecule has 0 atom stereocenters. The van der Waals surface area contributed by atoms with Crippen LogP contribution in [0.4, 0.5) is 5.69 Å². The van der Waals surface area contributed by atoms with Crippen LogP contribution in [0, 0.1) is 0 Å². The van der Waals surface area contributed by atoms with E-state index in [4.69, 9.17) is 4.74 Å². The molecule has 0 radical (unpaired) electrons. The van der Waals surface area contributed by atoms with E-state index in [-0.39, 0.29) is 24.7 Å². The van der Waals surface area contributed by atoms with Gasteiger partial charge in [-0.25, -0.2) is 0 Å². The van der Waals surface area contributed by atoms with Crippen molar-refractivity contribution in [2.75, 3.05) is 11.9 Å². The number of Topliss-reactive ketones (excluding diaryl/α,β-unsaturated/α-hetero) is 1. The molecule has 6 heteroatoms. The normalized spacial score (nSPS) is 13.1. The molecule has 0 saturated carbocycles. The van der Waals surface area contributed by atoms with Gasteiger partial charge in [0.05, 0.1) is 6.42 Å². The number of benzene rings is 2. The number of aryl methyl sites for hydroxylation is 1. The Morgan fingerprint density at radius 2 is 1.93 bits per heavy atom. The molecule has 0 fully saturated rings. The summed E-state index contributed by atoms with van der Waals surface area (Å²) < 4.78 is 5.17. The molecular weight excluding hydrogens is 344 g/mol. The zero-order valence-corrected chi connectivity index (χ0v) is 14.6. The minimum Gasteiger partial charge on any atom is -0.457 e. The lowest BCUT2D eigenvalue weighted by molar-refractivity contribution is -0.141. The Balaban J connectivity index is 1.37. The van der Waals surface area contributed by atoms with E-state index >= 15 is 0 Å². The minimum absolute atomic E-state index is 0.0206. The minimum atomic E-state index is -0.446. The Labute approximate surface area is 155 Å². The molecular formula is C21H18N2O4. The molecule has 1 aromatic heterocycles. The van der Waals surface area contributed by atoms with Crippen LogP contribution in [0.2, 0.25) is 0 Å². The fraction of sp³-hybridized carbons (Fsp3) is 0.190. The Bertz CT molecular complexity index is 1050. The molecule has 3 aromatic rings. The summed E-state index contributed by atoms with van der Waals surface area (Å²) in [7, 11) is 0. The lowest BCUT2D eigenvalue weighted by Crippen LogP contribution is -2.20. The predicted octanol–water partition coefficient (Wildman–Crippen LogP) is 3.02. The second-order valence-corrected chi connectivity index (χ2v) is 6.54. The second kappa shape index (κ2) is 7.07. The first-order valence-electron chi connectivity index (χ1n) is 8.77. The number of ether oxygens (including phenoxy) is 1. The lowest BCUT2D eigenvalue weighted by Gasteiger charge is -2.17. The largest absolute Gasteiger partial charge is 0.457 e. The number of fused-ring (bicyclic) bond motifs is 2. The highest BCUT2D eigenvalue weighted by Gasteiger charge is 2.18. The van der Waals surface area contributed by atoms with Gasteiger partial charge in [-0.05, 0) is 41.8 Å². The Kier molecular flexibility index (Phi) is 4.46. The van der Waals surface area contributed by atoms with Gasteiger partial charge in [0.1, 0.15) is 0 Å². The standard InChI is InChI=1S/C21H18N2O4/c24-19(14-5-7-17-13(9-14)6-8-20(25)23-17)12-27-21(26)10-15-11-22-18-4-2-1-3-16(15)18/h1-5,7,9,11,22H,6,8,10,12H2,(H,23,25). The van der Waals surface area contributed by atoms with E-state index in [9.17, 15) is 14.4 Å². The van der Waals surface area contributed by atoms with E-state index in [0.29, 0.717) is 18.4 Å². The van der Waals surface area contributed by atoms with Gasteiger partial charge in [0.25, 0.3) is 0 Å². The summed E-state index contributed by atoms with van der Waals surface area (Å²) in [6.07, 6.45) is 2.89. The number of aromatic nitrogens is 1. The summed E-state index contributed by atoms with van der Waals surface area (Å²) in [5.41, 5.74) is 3.93. The molecule has 0 bridgehead atoms. The van der Waals surface area contributed by atoms with Crippen molar-refractivity contribution in [2.45, 2.75) is 19.3 Å². The quantitative estimate of drug-likeness (QED) is 0.539. The smallest absolute Gasteiger partial charge is 0.310 e. The van der Waals surface area contributed by atoms with E-state index in [1.807, 2.05) is 24.3 Å². The number of para-hydroxylation sites is 1. The van der Waals surface area contributed by atoms with E-state index in [2.05, 4.69) is 10.3 Å². The fourth-order valence-electron chi connectivity index (χ4n) is 3.27. The van der Waals surface area contributed by atoms with Crippen molar-refractivity contribution in [3.05, 3.63) is 65.4 Å². The van der Waals surface area contributed by atoms with Gasteiger partial charge in [-0.2, -0.15) is 0 Å². The predicted molar refractivity (Wildman–Crippen MR) is 101 cm³/mol. The van der Waals surface area contributed by atoms with Crippen molar-refractivity contribution in [3.8, 4) is 0 Å². The highest BCUT2D eigenvalue weighted by Crippen LogP contribution is 2.24. The van der Waals surface area contributed by atoms with E-state index < -0.39 is 5.97 Å². The van der Waals surface area contributed by atoms with Crippen LogP contribution in [0.25, 0.3) is 10.9 Å². The molecule has 2 heterocycles. The maximum Gasteiger partial charge on any atom is 0.310 e. The number of hydrogen-bond acceptors (Lipinski definition) is 4. The van der Waals surface area contributed by atoms with Crippen LogP contribution in [0.1, 0.15) is 27.9 Å². The van der Waals surface area contributed by atoms with Gasteiger partial charge >= 0.3 is 5.97 Å². The van der Waals surface area contributed by atoms with Gasteiger partial charge in [0.15, 0.2) is 12.4 Å². The van der Waals surface area contributed by atoms with E-state index in [0.717, 1.165) is 27.7 Å². The van der Waals surface area contributed by atoms with Crippen LogP contribution < -0.4 is 5.32 Å². The molecule has 27 heavy (non-hydrogen) atoms. The molecule has 136 valence electrons. The monoisotopic (exact) mass is 362 g/mol. The number of nitrogens with one attached hydrogen (secondary N) is 2. The van der Waals surface area contributed by atoms with Crippen molar-refractivity contribution in [1.82, 2.24) is 4.98 Å². The lowest BCUT2D eigenvalue weighted by atomic mass is 9.99. The third-order valence-electron chi connectivity index (χ3n) is 4.70. The number of carbonyl (C=O) groups excluding carboxylic acids is 3. The third kappa shape index (κ3) is 3.60. The van der Waals surface area contributed by atoms with Crippen LogP contribution >= 0.6 is 0 Å². The van der Waals surface area contributed by atoms with Gasteiger partial charge in [-0.15, -0.1) is 0 Å². The SMILES string of the molecule is O=C1CCc2cc(C(=O)COC(=O)Cc3c[nH]c4ccccc34)ccc2N1. The number of aromatic amines is 1. The van der Waals surface area contributed by atoms with Gasteiger partial charge in [0.2, 0.25) is 5.91 Å². The van der Waals surface area contributed by atoms with Crippen molar-refractivity contribution < 1.29 is 19.1 Å². The molecule has 0 aliphatic carbocycles. The maximum atomic E-state index is 12.3. The Hall–Kier alpha value is -3.41. The average Bonchev–Trinajstić information content (AvgIpc) is 3.08. The van der Waals surface area contributed by atoms with Crippen molar-refractivity contribution in [2.24, 2.45) is 0 Å². The summed E-state index contributed by atoms with van der Waals surface area (Å²) in [6, 6.07) is 12.8. The van der Waals surface area contributed by atoms with E-state index in [1.54, 1.807) is 24.4 Å². The molecule has 4 rings (SSSR count). The summed E-state index contributed by atoms with van der Waals surface area (Å²) in [5.74, 6) is -0.729. The van der Waals surface area contributed by atoms with Crippen LogP contribution in [0.15, 0.2) is 48.7 Å². The molecule has 2 N–H and O–H groups in total. The molecule has 2 aromatic carbocycles. The van der Waals surface area contributed by atoms with Gasteiger partial charge in [-0.3, -0.25) is 14.4 Å². The molecule has 1 amide bonds. The number of rotatable bonds is 5. The number of carbonyl (C=O) groups is 3. The number of esters is 1. The second-order valence-electron chi connectivity index (χ2n) is 6.54. The topological polar surface area (TPSA) is 88.3 Å². The highest BCUT2D eigenvalue weighted by atomic mass is 16.5. The zero-order chi connectivity index (χ0) is 18.8. The van der Waals surface area contributed by atoms with Gasteiger partial charge < -0.3 is 15.0 Å². The van der Waals surface area contributed by atoms with E-state index in [1.165, 1.54) is 0 Å². The van der Waals surface area contributed by atoms with Crippen LogP contribution in [0.3, 0.4) is 0 Å². The molecule has 1 aliphatic rings. The molecule has 1 aliphatic heterocycles. The number of ketones is 1. The molecule has 0 saturated heterocycles. The summed E-state index contributed by atoms with van der Waals surface area (Å²) in [6.45, 7) is -0.299. The summed E-state index contributed by atoms with van der Waals surface area (Å²) >= 11 is 0. The maximum absolute atomic E-state index is 12.3.